The van der Waals surface area contributed by atoms with E-state index in [9.17, 15) is 13.2 Å². The minimum absolute atomic E-state index is 0.00937. The fraction of sp³-hybridized carbons (Fsp3) is 0.562. The monoisotopic (exact) mass is 338 g/mol. The van der Waals surface area contributed by atoms with Gasteiger partial charge >= 0.3 is 0 Å². The van der Waals surface area contributed by atoms with Gasteiger partial charge in [-0.2, -0.15) is 0 Å². The van der Waals surface area contributed by atoms with E-state index in [1.165, 1.54) is 0 Å². The summed E-state index contributed by atoms with van der Waals surface area (Å²) in [4.78, 5) is 14.4. The number of carbonyl (C=O) groups is 1. The van der Waals surface area contributed by atoms with E-state index in [4.69, 9.17) is 4.74 Å². The molecule has 2 aliphatic rings. The number of sulfonamides is 1. The molecule has 0 saturated carbocycles. The summed E-state index contributed by atoms with van der Waals surface area (Å²) in [7, 11) is -3.20. The van der Waals surface area contributed by atoms with E-state index in [0.717, 1.165) is 11.8 Å². The van der Waals surface area contributed by atoms with Gasteiger partial charge in [-0.1, -0.05) is 17.7 Å². The molecule has 0 aliphatic carbocycles. The summed E-state index contributed by atoms with van der Waals surface area (Å²) >= 11 is 0. The second kappa shape index (κ2) is 6.22. The van der Waals surface area contributed by atoms with E-state index < -0.39 is 10.0 Å². The summed E-state index contributed by atoms with van der Waals surface area (Å²) in [5, 5.41) is 0. The number of aryl methyl sites for hydroxylation is 1. The smallest absolute Gasteiger partial charge is 0.253 e. The fourth-order valence-corrected chi connectivity index (χ4v) is 3.91. The third kappa shape index (κ3) is 3.73. The molecule has 126 valence electrons. The number of nitrogens with one attached hydrogen (secondary N) is 1. The van der Waals surface area contributed by atoms with Crippen molar-refractivity contribution in [3.8, 4) is 0 Å². The number of benzene rings is 1. The van der Waals surface area contributed by atoms with Crippen LogP contribution in [0.2, 0.25) is 0 Å². The maximum absolute atomic E-state index is 12.6. The van der Waals surface area contributed by atoms with Crippen LogP contribution in [0, 0.1) is 18.8 Å². The van der Waals surface area contributed by atoms with Crippen molar-refractivity contribution in [2.24, 2.45) is 11.8 Å². The van der Waals surface area contributed by atoms with Crippen molar-refractivity contribution in [3.63, 3.8) is 0 Å². The molecular formula is C16H22N2O4S. The van der Waals surface area contributed by atoms with Gasteiger partial charge in [0.2, 0.25) is 10.0 Å². The molecule has 3 atom stereocenters. The van der Waals surface area contributed by atoms with Crippen molar-refractivity contribution >= 4 is 15.9 Å². The second-order valence-electron chi connectivity index (χ2n) is 6.50. The molecule has 23 heavy (non-hydrogen) atoms. The lowest BCUT2D eigenvalue weighted by molar-refractivity contribution is 0.0678. The van der Waals surface area contributed by atoms with Gasteiger partial charge in [0.05, 0.1) is 19.0 Å². The quantitative estimate of drug-likeness (QED) is 0.874. The van der Waals surface area contributed by atoms with Crippen LogP contribution in [0.25, 0.3) is 0 Å². The summed E-state index contributed by atoms with van der Waals surface area (Å²) in [6.45, 7) is 4.07. The van der Waals surface area contributed by atoms with Crippen LogP contribution in [0.15, 0.2) is 24.3 Å². The molecule has 1 amide bonds. The predicted octanol–water partition coefficient (Wildman–Crippen LogP) is 0.631. The van der Waals surface area contributed by atoms with E-state index in [1.807, 2.05) is 36.1 Å². The fourth-order valence-electron chi connectivity index (χ4n) is 3.39. The third-order valence-electron chi connectivity index (χ3n) is 4.60. The highest BCUT2D eigenvalue weighted by Crippen LogP contribution is 2.34. The molecule has 1 aromatic carbocycles. The number of hydrogen-bond donors (Lipinski definition) is 1. The molecule has 0 radical (unpaired) electrons. The third-order valence-corrected chi connectivity index (χ3v) is 5.29. The van der Waals surface area contributed by atoms with Crippen molar-refractivity contribution in [3.05, 3.63) is 35.4 Å². The second-order valence-corrected chi connectivity index (χ2v) is 8.33. The molecule has 1 N–H and O–H groups in total. The number of likely N-dealkylation sites (tertiary alicyclic amines) is 1. The molecule has 0 bridgehead atoms. The molecule has 3 rings (SSSR count). The first kappa shape index (κ1) is 16.4. The number of hydrogen-bond acceptors (Lipinski definition) is 4. The molecule has 2 heterocycles. The van der Waals surface area contributed by atoms with E-state index >= 15 is 0 Å². The molecule has 0 unspecified atom stereocenters. The normalized spacial score (nSPS) is 27.2. The summed E-state index contributed by atoms with van der Waals surface area (Å²) in [6, 6.07) is 7.56. The minimum atomic E-state index is -3.20. The zero-order chi connectivity index (χ0) is 16.6. The van der Waals surface area contributed by atoms with Crippen LogP contribution in [-0.2, 0) is 14.8 Å². The van der Waals surface area contributed by atoms with Crippen LogP contribution < -0.4 is 4.72 Å². The van der Waals surface area contributed by atoms with Gasteiger partial charge in [-0.05, 0) is 19.1 Å². The van der Waals surface area contributed by atoms with Gasteiger partial charge in [-0.25, -0.2) is 13.1 Å². The molecule has 0 spiro atoms. The number of rotatable bonds is 4. The number of ether oxygens (including phenoxy) is 1. The maximum atomic E-state index is 12.6. The Bertz CT molecular complexity index is 704. The molecule has 2 aliphatic heterocycles. The summed E-state index contributed by atoms with van der Waals surface area (Å²) in [5.74, 6) is 0.324. The van der Waals surface area contributed by atoms with Crippen LogP contribution >= 0.6 is 0 Å². The Balaban J connectivity index is 1.65. The first-order valence-electron chi connectivity index (χ1n) is 7.75. The van der Waals surface area contributed by atoms with E-state index in [0.29, 0.717) is 31.8 Å². The van der Waals surface area contributed by atoms with Gasteiger partial charge in [-0.15, -0.1) is 0 Å². The first-order valence-corrected chi connectivity index (χ1v) is 9.65. The number of carbonyl (C=O) groups excluding carboxylic acids is 1. The molecule has 1 aromatic rings. The van der Waals surface area contributed by atoms with Crippen molar-refractivity contribution in [1.29, 1.82) is 0 Å². The van der Waals surface area contributed by atoms with E-state index in [1.54, 1.807) is 0 Å². The van der Waals surface area contributed by atoms with Gasteiger partial charge in [0.15, 0.2) is 0 Å². The lowest BCUT2D eigenvalue weighted by Gasteiger charge is -2.20. The standard InChI is InChI=1S/C16H22N2O4S/c1-11-4-3-5-12(6-11)16(19)18-8-14-13(7-17-23(2,20)21)10-22-15(14)9-18/h3-6,13-15,17H,7-10H2,1-2H3/t13-,14+,15+/m1/s1. The average molecular weight is 338 g/mol. The summed E-state index contributed by atoms with van der Waals surface area (Å²) in [5.41, 5.74) is 1.75. The Hall–Kier alpha value is -1.44. The van der Waals surface area contributed by atoms with Crippen molar-refractivity contribution < 1.29 is 17.9 Å². The highest BCUT2D eigenvalue weighted by molar-refractivity contribution is 7.88. The predicted molar refractivity (Wildman–Crippen MR) is 86.6 cm³/mol. The van der Waals surface area contributed by atoms with Gasteiger partial charge in [-0.3, -0.25) is 4.79 Å². The van der Waals surface area contributed by atoms with Gasteiger partial charge < -0.3 is 9.64 Å². The highest BCUT2D eigenvalue weighted by atomic mass is 32.2. The Labute approximate surface area is 136 Å². The Morgan fingerprint density at radius 2 is 2.17 bits per heavy atom. The van der Waals surface area contributed by atoms with Crippen molar-refractivity contribution in [2.75, 3.05) is 32.5 Å². The number of nitrogens with zero attached hydrogens (tertiary/aromatic N) is 1. The zero-order valence-electron chi connectivity index (χ0n) is 13.4. The number of fused-ring (bicyclic) bond motifs is 1. The van der Waals surface area contributed by atoms with Crippen LogP contribution in [0.1, 0.15) is 15.9 Å². The SMILES string of the molecule is Cc1cccc(C(=O)N2C[C@H]3[C@H](CNS(C)(=O)=O)CO[C@H]3C2)c1. The Morgan fingerprint density at radius 3 is 2.87 bits per heavy atom. The lowest BCUT2D eigenvalue weighted by Crippen LogP contribution is -2.35. The summed E-state index contributed by atoms with van der Waals surface area (Å²) < 4.78 is 30.8. The van der Waals surface area contributed by atoms with Gasteiger partial charge in [0.25, 0.3) is 5.91 Å². The van der Waals surface area contributed by atoms with Crippen molar-refractivity contribution in [2.45, 2.75) is 13.0 Å². The Kier molecular flexibility index (Phi) is 4.44. The van der Waals surface area contributed by atoms with Crippen LogP contribution in [-0.4, -0.2) is 57.8 Å². The van der Waals surface area contributed by atoms with E-state index in [2.05, 4.69) is 4.72 Å². The largest absolute Gasteiger partial charge is 0.376 e. The van der Waals surface area contributed by atoms with Crippen LogP contribution in [0.3, 0.4) is 0 Å². The molecule has 7 heteroatoms. The topological polar surface area (TPSA) is 75.7 Å². The molecule has 2 fully saturated rings. The average Bonchev–Trinajstić information content (AvgIpc) is 3.04. The molecular weight excluding hydrogens is 316 g/mol. The highest BCUT2D eigenvalue weighted by Gasteiger charge is 2.45. The molecule has 2 saturated heterocycles. The molecule has 0 aromatic heterocycles. The summed E-state index contributed by atoms with van der Waals surface area (Å²) in [6.07, 6.45) is 1.16. The maximum Gasteiger partial charge on any atom is 0.253 e. The zero-order valence-corrected chi connectivity index (χ0v) is 14.2. The van der Waals surface area contributed by atoms with Crippen LogP contribution in [0.5, 0.6) is 0 Å². The molecule has 6 nitrogen and oxygen atoms in total. The first-order chi connectivity index (χ1) is 10.8. The Morgan fingerprint density at radius 1 is 1.39 bits per heavy atom. The van der Waals surface area contributed by atoms with Gasteiger partial charge in [0.1, 0.15) is 0 Å². The minimum Gasteiger partial charge on any atom is -0.376 e. The van der Waals surface area contributed by atoms with Gasteiger partial charge in [0, 0.05) is 37.0 Å². The van der Waals surface area contributed by atoms with E-state index in [-0.39, 0.29) is 23.8 Å². The lowest BCUT2D eigenvalue weighted by atomic mass is 9.93. The van der Waals surface area contributed by atoms with Crippen LogP contribution in [0.4, 0.5) is 0 Å². The van der Waals surface area contributed by atoms with Crippen molar-refractivity contribution in [1.82, 2.24) is 9.62 Å². The number of amides is 1.